The van der Waals surface area contributed by atoms with E-state index in [4.69, 9.17) is 5.73 Å². The van der Waals surface area contributed by atoms with Crippen LogP contribution in [0.15, 0.2) is 18.2 Å². The van der Waals surface area contributed by atoms with Crippen LogP contribution in [0.3, 0.4) is 0 Å². The summed E-state index contributed by atoms with van der Waals surface area (Å²) < 4.78 is 37.3. The van der Waals surface area contributed by atoms with Crippen molar-refractivity contribution in [1.29, 1.82) is 0 Å². The summed E-state index contributed by atoms with van der Waals surface area (Å²) in [4.78, 5) is 2.21. The van der Waals surface area contributed by atoms with Crippen LogP contribution >= 0.6 is 0 Å². The molecule has 1 heterocycles. The van der Waals surface area contributed by atoms with Crippen LogP contribution in [0.2, 0.25) is 0 Å². The van der Waals surface area contributed by atoms with Gasteiger partial charge in [0.15, 0.2) is 0 Å². The molecule has 2 N–H and O–H groups in total. The summed E-state index contributed by atoms with van der Waals surface area (Å²) >= 11 is 0. The molecule has 0 aliphatic carbocycles. The number of rotatable bonds is 2. The van der Waals surface area contributed by atoms with Gasteiger partial charge < -0.3 is 5.73 Å². The minimum Gasteiger partial charge on any atom is -0.398 e. The molecule has 1 aromatic rings. The Bertz CT molecular complexity index is 395. The Hall–Kier alpha value is -1.23. The van der Waals surface area contributed by atoms with Gasteiger partial charge in [-0.1, -0.05) is 6.07 Å². The highest BCUT2D eigenvalue weighted by molar-refractivity contribution is 5.49. The second kappa shape index (κ2) is 4.56. The smallest absolute Gasteiger partial charge is 0.398 e. The lowest BCUT2D eigenvalue weighted by Gasteiger charge is -2.17. The van der Waals surface area contributed by atoms with Gasteiger partial charge >= 0.3 is 6.18 Å². The maximum Gasteiger partial charge on any atom is 0.416 e. The molecule has 0 spiro atoms. The highest BCUT2D eigenvalue weighted by Gasteiger charge is 2.30. The lowest BCUT2D eigenvalue weighted by atomic mass is 10.1. The van der Waals surface area contributed by atoms with Gasteiger partial charge in [-0.05, 0) is 43.6 Å². The molecule has 0 atom stereocenters. The van der Waals surface area contributed by atoms with Crippen molar-refractivity contribution in [2.24, 2.45) is 0 Å². The lowest BCUT2D eigenvalue weighted by molar-refractivity contribution is -0.137. The molecular formula is C12H15F3N2. The molecule has 1 saturated heterocycles. The number of hydrogen-bond donors (Lipinski definition) is 1. The molecule has 2 nitrogen and oxygen atoms in total. The third kappa shape index (κ3) is 2.91. The molecular weight excluding hydrogens is 229 g/mol. The van der Waals surface area contributed by atoms with E-state index in [1.807, 2.05) is 0 Å². The van der Waals surface area contributed by atoms with E-state index in [0.29, 0.717) is 6.54 Å². The molecule has 0 unspecified atom stereocenters. The van der Waals surface area contributed by atoms with E-state index in [2.05, 4.69) is 4.90 Å². The van der Waals surface area contributed by atoms with Crippen LogP contribution in [0.5, 0.6) is 0 Å². The summed E-state index contributed by atoms with van der Waals surface area (Å²) in [6.45, 7) is 2.64. The Morgan fingerprint density at radius 2 is 1.82 bits per heavy atom. The zero-order valence-electron chi connectivity index (χ0n) is 9.43. The van der Waals surface area contributed by atoms with Crippen molar-refractivity contribution >= 4 is 5.69 Å². The number of hydrogen-bond acceptors (Lipinski definition) is 2. The van der Waals surface area contributed by atoms with E-state index in [9.17, 15) is 13.2 Å². The third-order valence-corrected chi connectivity index (χ3v) is 3.07. The number of alkyl halides is 3. The lowest BCUT2D eigenvalue weighted by Crippen LogP contribution is -2.19. The quantitative estimate of drug-likeness (QED) is 0.810. The van der Waals surface area contributed by atoms with Crippen LogP contribution in [0.25, 0.3) is 0 Å². The van der Waals surface area contributed by atoms with Crippen LogP contribution in [-0.4, -0.2) is 18.0 Å². The minimum absolute atomic E-state index is 0.228. The summed E-state index contributed by atoms with van der Waals surface area (Å²) in [6.07, 6.45) is -2.01. The van der Waals surface area contributed by atoms with Gasteiger partial charge in [0, 0.05) is 12.2 Å². The van der Waals surface area contributed by atoms with E-state index in [0.717, 1.165) is 43.6 Å². The van der Waals surface area contributed by atoms with Gasteiger partial charge in [0.1, 0.15) is 0 Å². The summed E-state index contributed by atoms with van der Waals surface area (Å²) in [7, 11) is 0. The second-order valence-electron chi connectivity index (χ2n) is 4.39. The molecule has 0 radical (unpaired) electrons. The van der Waals surface area contributed by atoms with Crippen LogP contribution in [-0.2, 0) is 12.7 Å². The third-order valence-electron chi connectivity index (χ3n) is 3.07. The fourth-order valence-electron chi connectivity index (χ4n) is 2.10. The second-order valence-corrected chi connectivity index (χ2v) is 4.39. The van der Waals surface area contributed by atoms with E-state index in [1.165, 1.54) is 6.07 Å². The molecule has 0 aromatic heterocycles. The molecule has 1 aliphatic rings. The average Bonchev–Trinajstić information content (AvgIpc) is 2.72. The Kier molecular flexibility index (Phi) is 3.28. The topological polar surface area (TPSA) is 29.3 Å². The maximum atomic E-state index is 12.4. The van der Waals surface area contributed by atoms with Crippen molar-refractivity contribution in [3.05, 3.63) is 29.3 Å². The molecule has 0 bridgehead atoms. The number of likely N-dealkylation sites (tertiary alicyclic amines) is 1. The van der Waals surface area contributed by atoms with Crippen molar-refractivity contribution in [3.8, 4) is 0 Å². The first-order valence-corrected chi connectivity index (χ1v) is 5.65. The molecule has 94 valence electrons. The fourth-order valence-corrected chi connectivity index (χ4v) is 2.10. The van der Waals surface area contributed by atoms with Crippen molar-refractivity contribution in [3.63, 3.8) is 0 Å². The number of nitrogen functional groups attached to an aromatic ring is 1. The molecule has 1 fully saturated rings. The van der Waals surface area contributed by atoms with E-state index in [-0.39, 0.29) is 5.69 Å². The molecule has 2 rings (SSSR count). The first-order valence-electron chi connectivity index (χ1n) is 5.65. The summed E-state index contributed by atoms with van der Waals surface area (Å²) in [5.74, 6) is 0. The van der Waals surface area contributed by atoms with Crippen LogP contribution in [0.1, 0.15) is 24.0 Å². The van der Waals surface area contributed by atoms with Gasteiger partial charge in [-0.3, -0.25) is 4.90 Å². The predicted octanol–water partition coefficient (Wildman–Crippen LogP) is 2.88. The number of halogens is 3. The average molecular weight is 244 g/mol. The van der Waals surface area contributed by atoms with Gasteiger partial charge in [0.05, 0.1) is 5.56 Å². The van der Waals surface area contributed by atoms with Crippen molar-refractivity contribution < 1.29 is 13.2 Å². The van der Waals surface area contributed by atoms with Crippen molar-refractivity contribution in [2.75, 3.05) is 18.8 Å². The van der Waals surface area contributed by atoms with Gasteiger partial charge in [0.2, 0.25) is 0 Å². The zero-order chi connectivity index (χ0) is 12.5. The van der Waals surface area contributed by atoms with E-state index in [1.54, 1.807) is 0 Å². The number of anilines is 1. The van der Waals surface area contributed by atoms with Gasteiger partial charge in [-0.15, -0.1) is 0 Å². The summed E-state index contributed by atoms with van der Waals surface area (Å²) in [6, 6.07) is 3.60. The summed E-state index contributed by atoms with van der Waals surface area (Å²) in [5.41, 5.74) is 6.00. The van der Waals surface area contributed by atoms with Crippen LogP contribution in [0, 0.1) is 0 Å². The number of benzene rings is 1. The monoisotopic (exact) mass is 244 g/mol. The SMILES string of the molecule is Nc1cc(C(F)(F)F)ccc1CN1CCCC1. The Labute approximate surface area is 98.2 Å². The predicted molar refractivity (Wildman–Crippen MR) is 60.4 cm³/mol. The molecule has 17 heavy (non-hydrogen) atoms. The Morgan fingerprint density at radius 3 is 2.35 bits per heavy atom. The molecule has 0 amide bonds. The number of nitrogens with zero attached hydrogens (tertiary/aromatic N) is 1. The first-order chi connectivity index (χ1) is 7.97. The normalized spacial score (nSPS) is 17.6. The zero-order valence-corrected chi connectivity index (χ0v) is 9.43. The fraction of sp³-hybridized carbons (Fsp3) is 0.500. The highest BCUT2D eigenvalue weighted by Crippen LogP contribution is 2.31. The Morgan fingerprint density at radius 1 is 1.18 bits per heavy atom. The molecule has 1 aromatic carbocycles. The van der Waals surface area contributed by atoms with Gasteiger partial charge in [-0.25, -0.2) is 0 Å². The van der Waals surface area contributed by atoms with E-state index >= 15 is 0 Å². The van der Waals surface area contributed by atoms with Crippen LogP contribution < -0.4 is 5.73 Å². The van der Waals surface area contributed by atoms with Crippen molar-refractivity contribution in [2.45, 2.75) is 25.6 Å². The molecule has 1 aliphatic heterocycles. The van der Waals surface area contributed by atoms with Gasteiger partial charge in [0.25, 0.3) is 0 Å². The first kappa shape index (κ1) is 12.2. The number of nitrogens with two attached hydrogens (primary N) is 1. The largest absolute Gasteiger partial charge is 0.416 e. The standard InChI is InChI=1S/C12H15F3N2/c13-12(14,15)10-4-3-9(11(16)7-10)8-17-5-1-2-6-17/h3-4,7H,1-2,5-6,8,16H2. The minimum atomic E-state index is -4.32. The highest BCUT2D eigenvalue weighted by atomic mass is 19.4. The molecule has 0 saturated carbocycles. The Balaban J connectivity index is 2.14. The molecule has 5 heteroatoms. The maximum absolute atomic E-state index is 12.4. The van der Waals surface area contributed by atoms with Gasteiger partial charge in [-0.2, -0.15) is 13.2 Å². The van der Waals surface area contributed by atoms with Crippen LogP contribution in [0.4, 0.5) is 18.9 Å². The van der Waals surface area contributed by atoms with Crippen molar-refractivity contribution in [1.82, 2.24) is 4.90 Å². The van der Waals surface area contributed by atoms with E-state index < -0.39 is 11.7 Å². The summed E-state index contributed by atoms with van der Waals surface area (Å²) in [5, 5.41) is 0.